The van der Waals surface area contributed by atoms with Gasteiger partial charge < -0.3 is 0 Å². The van der Waals surface area contributed by atoms with Gasteiger partial charge in [-0.05, 0) is 24.5 Å². The molecular formula is C26H18N6OS2. The van der Waals surface area contributed by atoms with E-state index in [-0.39, 0.29) is 11.4 Å². The Kier molecular flexibility index (Phi) is 4.61. The lowest BCUT2D eigenvalue weighted by atomic mass is 10.1. The molecule has 170 valence electrons. The van der Waals surface area contributed by atoms with E-state index >= 15 is 0 Å². The molecule has 0 radical (unpaired) electrons. The minimum Gasteiger partial charge on any atom is -0.283 e. The molecular weight excluding hydrogens is 476 g/mol. The average molecular weight is 495 g/mol. The lowest BCUT2D eigenvalue weighted by Gasteiger charge is -2.26. The highest BCUT2D eigenvalue weighted by atomic mass is 32.2. The van der Waals surface area contributed by atoms with E-state index < -0.39 is 5.91 Å². The van der Waals surface area contributed by atoms with Crippen molar-refractivity contribution in [1.82, 2.24) is 19.5 Å². The van der Waals surface area contributed by atoms with Gasteiger partial charge in [0.15, 0.2) is 5.17 Å². The predicted octanol–water partition coefficient (Wildman–Crippen LogP) is 5.64. The maximum Gasteiger partial charge on any atom is 0.283 e. The molecule has 1 amide bonds. The molecule has 0 bridgehead atoms. The van der Waals surface area contributed by atoms with Gasteiger partial charge in [-0.25, -0.2) is 9.50 Å². The second-order valence-corrected chi connectivity index (χ2v) is 10.4. The van der Waals surface area contributed by atoms with Gasteiger partial charge in [0.05, 0.1) is 22.7 Å². The van der Waals surface area contributed by atoms with Crippen molar-refractivity contribution in [3.63, 3.8) is 0 Å². The highest BCUT2D eigenvalue weighted by molar-refractivity contribution is 8.17. The second-order valence-electron chi connectivity index (χ2n) is 8.55. The van der Waals surface area contributed by atoms with Gasteiger partial charge in [-0.2, -0.15) is 10.1 Å². The molecule has 1 aliphatic carbocycles. The van der Waals surface area contributed by atoms with E-state index in [4.69, 9.17) is 15.5 Å². The van der Waals surface area contributed by atoms with E-state index in [1.807, 2.05) is 70.6 Å². The first-order chi connectivity index (χ1) is 17.2. The number of thioether (sulfide) groups is 1. The van der Waals surface area contributed by atoms with E-state index in [0.29, 0.717) is 16.8 Å². The first kappa shape index (κ1) is 20.5. The van der Waals surface area contributed by atoms with Crippen molar-refractivity contribution in [3.05, 3.63) is 87.9 Å². The zero-order valence-corrected chi connectivity index (χ0v) is 20.0. The molecule has 4 heterocycles. The number of fused-ring (bicyclic) bond motifs is 2. The molecule has 4 aromatic rings. The summed E-state index contributed by atoms with van der Waals surface area (Å²) in [5.41, 5.74) is 4.39. The quantitative estimate of drug-likeness (QED) is 0.371. The van der Waals surface area contributed by atoms with Gasteiger partial charge in [0.2, 0.25) is 4.96 Å². The van der Waals surface area contributed by atoms with Crippen LogP contribution in [0.15, 0.2) is 76.6 Å². The Labute approximate surface area is 209 Å². The number of hydrogen-bond donors (Lipinski definition) is 1. The summed E-state index contributed by atoms with van der Waals surface area (Å²) in [7, 11) is 0. The minimum atomic E-state index is -0.428. The van der Waals surface area contributed by atoms with E-state index in [1.54, 1.807) is 22.3 Å². The van der Waals surface area contributed by atoms with E-state index in [0.717, 1.165) is 45.3 Å². The van der Waals surface area contributed by atoms with Crippen LogP contribution < -0.4 is 0 Å². The Balaban J connectivity index is 1.37. The van der Waals surface area contributed by atoms with Crippen LogP contribution in [0.25, 0.3) is 28.0 Å². The summed E-state index contributed by atoms with van der Waals surface area (Å²) in [6, 6.07) is 19.7. The van der Waals surface area contributed by atoms with Crippen LogP contribution in [0.3, 0.4) is 0 Å². The molecule has 0 unspecified atom stereocenters. The van der Waals surface area contributed by atoms with Gasteiger partial charge in [-0.15, -0.1) is 0 Å². The summed E-state index contributed by atoms with van der Waals surface area (Å²) < 4.78 is 1.82. The molecule has 1 fully saturated rings. The molecule has 3 aliphatic rings. The smallest absolute Gasteiger partial charge is 0.283 e. The number of carbonyl (C=O) groups is 1. The van der Waals surface area contributed by atoms with Gasteiger partial charge in [0.25, 0.3) is 5.91 Å². The van der Waals surface area contributed by atoms with Crippen LogP contribution in [0.1, 0.15) is 35.0 Å². The summed E-state index contributed by atoms with van der Waals surface area (Å²) in [6.07, 6.45) is 4.04. The van der Waals surface area contributed by atoms with Crippen LogP contribution in [0.5, 0.6) is 0 Å². The van der Waals surface area contributed by atoms with Gasteiger partial charge in [-0.3, -0.25) is 15.1 Å². The monoisotopic (exact) mass is 494 g/mol. The van der Waals surface area contributed by atoms with Crippen LogP contribution in [0, 0.1) is 5.41 Å². The summed E-state index contributed by atoms with van der Waals surface area (Å²) in [4.78, 5) is 24.8. The maximum atomic E-state index is 13.1. The second kappa shape index (κ2) is 7.86. The Morgan fingerprint density at radius 2 is 1.71 bits per heavy atom. The molecule has 2 aromatic heterocycles. The Morgan fingerprint density at radius 3 is 2.43 bits per heavy atom. The highest BCUT2D eigenvalue weighted by Crippen LogP contribution is 2.43. The maximum absolute atomic E-state index is 13.1. The molecule has 9 heteroatoms. The number of carbonyl (C=O) groups excluding carboxylic acids is 1. The third-order valence-electron chi connectivity index (χ3n) is 6.19. The van der Waals surface area contributed by atoms with Crippen LogP contribution in [0.2, 0.25) is 0 Å². The van der Waals surface area contributed by atoms with Crippen LogP contribution in [-0.2, 0) is 4.79 Å². The molecule has 0 saturated heterocycles. The van der Waals surface area contributed by atoms with Crippen molar-refractivity contribution < 1.29 is 4.79 Å². The molecule has 7 nitrogen and oxygen atoms in total. The third-order valence-corrected chi connectivity index (χ3v) is 8.09. The predicted molar refractivity (Wildman–Crippen MR) is 140 cm³/mol. The van der Waals surface area contributed by atoms with Crippen molar-refractivity contribution in [2.24, 2.45) is 4.99 Å². The number of rotatable bonds is 4. The minimum absolute atomic E-state index is 0.103. The van der Waals surface area contributed by atoms with E-state index in [9.17, 15) is 4.79 Å². The molecule has 0 spiro atoms. The van der Waals surface area contributed by atoms with Crippen molar-refractivity contribution in [2.75, 3.05) is 0 Å². The zero-order valence-electron chi connectivity index (χ0n) is 18.4. The normalized spacial score (nSPS) is 18.9. The fraction of sp³-hybridized carbons (Fsp3) is 0.115. The summed E-state index contributed by atoms with van der Waals surface area (Å²) in [6.45, 7) is 0. The van der Waals surface area contributed by atoms with Crippen LogP contribution >= 0.6 is 23.1 Å². The summed E-state index contributed by atoms with van der Waals surface area (Å²) in [5.74, 6) is 0.180. The van der Waals surface area contributed by atoms with E-state index in [1.165, 1.54) is 11.8 Å². The molecule has 7 rings (SSSR count). The van der Waals surface area contributed by atoms with Crippen LogP contribution in [0.4, 0.5) is 0 Å². The zero-order chi connectivity index (χ0) is 23.5. The number of nitrogens with one attached hydrogen (secondary N) is 1. The first-order valence-electron chi connectivity index (χ1n) is 11.3. The molecule has 1 saturated carbocycles. The fourth-order valence-electron chi connectivity index (χ4n) is 4.26. The number of imidazole rings is 1. The van der Waals surface area contributed by atoms with Crippen molar-refractivity contribution >= 4 is 56.7 Å². The van der Waals surface area contributed by atoms with Gasteiger partial charge >= 0.3 is 0 Å². The van der Waals surface area contributed by atoms with Gasteiger partial charge in [-0.1, -0.05) is 83.8 Å². The van der Waals surface area contributed by atoms with Gasteiger partial charge in [0, 0.05) is 16.9 Å². The average Bonchev–Trinajstić information content (AvgIpc) is 3.37. The molecule has 2 aromatic carbocycles. The summed E-state index contributed by atoms with van der Waals surface area (Å²) >= 11 is 2.96. The number of benzene rings is 2. The molecule has 2 aliphatic heterocycles. The van der Waals surface area contributed by atoms with E-state index in [2.05, 4.69) is 4.99 Å². The Bertz CT molecular complexity index is 1610. The van der Waals surface area contributed by atoms with Gasteiger partial charge in [0.1, 0.15) is 10.8 Å². The Morgan fingerprint density at radius 1 is 1.00 bits per heavy atom. The number of amides is 1. The lowest BCUT2D eigenvalue weighted by molar-refractivity contribution is -0.114. The first-order valence-corrected chi connectivity index (χ1v) is 13.0. The highest BCUT2D eigenvalue weighted by Gasteiger charge is 2.37. The standard InChI is InChI=1S/C26H18N6OS2/c27-22-18(23(33)29-25-31(22)20(14-34-25)15-7-3-1-4-8-15)13-19-21(16-9-5-2-6-10-16)28-26-32(19)30-24(35-26)17-11-12-17/h1-10,13-14,17,27H,11-12H2/b18-13-,27-22?. The number of amidine groups is 2. The fourth-order valence-corrected chi connectivity index (χ4v) is 6.23. The van der Waals surface area contributed by atoms with Crippen molar-refractivity contribution in [3.8, 4) is 11.3 Å². The number of nitrogens with zero attached hydrogens (tertiary/aromatic N) is 5. The molecule has 35 heavy (non-hydrogen) atoms. The SMILES string of the molecule is N=C1/C(=C/c2c(-c3ccccc3)nc3sc(C4CC4)nn23)C(=O)N=C2SC=C(c3ccccc3)N12. The molecule has 0 atom stereocenters. The number of aromatic nitrogens is 3. The summed E-state index contributed by atoms with van der Waals surface area (Å²) in [5, 5.41) is 17.4. The van der Waals surface area contributed by atoms with Crippen molar-refractivity contribution in [2.45, 2.75) is 18.8 Å². The Hall–Kier alpha value is -3.82. The topological polar surface area (TPSA) is 86.7 Å². The molecule has 1 N–H and O–H groups in total. The third kappa shape index (κ3) is 3.38. The number of hydrogen-bond acceptors (Lipinski definition) is 6. The van der Waals surface area contributed by atoms with Crippen molar-refractivity contribution in [1.29, 1.82) is 5.41 Å². The largest absolute Gasteiger partial charge is 0.283 e. The number of aliphatic imine (C=N–C) groups is 1. The lowest BCUT2D eigenvalue weighted by Crippen LogP contribution is -2.38. The van der Waals surface area contributed by atoms with Crippen LogP contribution in [-0.4, -0.2) is 36.4 Å².